The molecule has 6 nitrogen and oxygen atoms in total. The first-order valence-electron chi connectivity index (χ1n) is 10.9. The van der Waals surface area contributed by atoms with Gasteiger partial charge in [0.05, 0.1) is 18.3 Å². The maximum atomic E-state index is 10.3. The summed E-state index contributed by atoms with van der Waals surface area (Å²) in [6.07, 6.45) is 4.27. The smallest absolute Gasteiger partial charge is 0.215 e. The second-order valence-corrected chi connectivity index (χ2v) is 9.06. The van der Waals surface area contributed by atoms with E-state index < -0.39 is 0 Å². The number of nitrogens with zero attached hydrogens (tertiary/aromatic N) is 3. The molecule has 0 aliphatic carbocycles. The van der Waals surface area contributed by atoms with Crippen LogP contribution in [0.5, 0.6) is 11.6 Å². The Kier molecular flexibility index (Phi) is 4.59. The van der Waals surface area contributed by atoms with Gasteiger partial charge in [-0.2, -0.15) is 0 Å². The van der Waals surface area contributed by atoms with Gasteiger partial charge in [-0.25, -0.2) is 4.98 Å². The summed E-state index contributed by atoms with van der Waals surface area (Å²) < 4.78 is 5.53. The van der Waals surface area contributed by atoms with E-state index in [1.165, 1.54) is 12.8 Å². The monoisotopic (exact) mass is 446 g/mol. The van der Waals surface area contributed by atoms with Crippen molar-refractivity contribution in [3.05, 3.63) is 53.7 Å². The van der Waals surface area contributed by atoms with E-state index >= 15 is 0 Å². The standard InChI is InChI=1S/C25H23ClN4O2/c1-32-23-10-22(30-12-16-5-6-17(13-30)28-16)25-21(29-23)8-15(11-27-25)19-9-18(31)7-14-3-2-4-20(26)24(14)19/h2-4,7-11,16-17,28,31H,5-6,12-13H2,1H3. The van der Waals surface area contributed by atoms with Crippen LogP contribution in [-0.2, 0) is 0 Å². The van der Waals surface area contributed by atoms with E-state index in [-0.39, 0.29) is 5.75 Å². The third kappa shape index (κ3) is 3.22. The first-order valence-corrected chi connectivity index (χ1v) is 11.2. The molecule has 0 spiro atoms. The highest BCUT2D eigenvalue weighted by molar-refractivity contribution is 6.36. The molecule has 0 radical (unpaired) electrons. The van der Waals surface area contributed by atoms with Gasteiger partial charge in [0.2, 0.25) is 5.88 Å². The summed E-state index contributed by atoms with van der Waals surface area (Å²) in [7, 11) is 1.64. The molecule has 2 saturated heterocycles. The number of phenols is 1. The summed E-state index contributed by atoms with van der Waals surface area (Å²) in [5, 5.41) is 16.4. The summed E-state index contributed by atoms with van der Waals surface area (Å²) in [5.74, 6) is 0.751. The van der Waals surface area contributed by atoms with Gasteiger partial charge in [0.15, 0.2) is 0 Å². The number of piperazine rings is 1. The first kappa shape index (κ1) is 19.6. The predicted octanol–water partition coefficient (Wildman–Crippen LogP) is 4.76. The fourth-order valence-corrected chi connectivity index (χ4v) is 5.44. The quantitative estimate of drug-likeness (QED) is 0.473. The lowest BCUT2D eigenvalue weighted by atomic mass is 9.98. The maximum Gasteiger partial charge on any atom is 0.215 e. The molecule has 0 saturated carbocycles. The summed E-state index contributed by atoms with van der Waals surface area (Å²) >= 11 is 6.54. The lowest BCUT2D eigenvalue weighted by molar-refractivity contribution is 0.399. The molecule has 4 aromatic rings. The Balaban J connectivity index is 1.52. The Bertz CT molecular complexity index is 1350. The van der Waals surface area contributed by atoms with Crippen molar-refractivity contribution in [2.45, 2.75) is 24.9 Å². The number of phenolic OH excluding ortho intramolecular Hbond substituents is 1. The number of pyridine rings is 2. The van der Waals surface area contributed by atoms with E-state index in [2.05, 4.69) is 10.2 Å². The number of nitrogens with one attached hydrogen (secondary N) is 1. The lowest BCUT2D eigenvalue weighted by Crippen LogP contribution is -2.51. The predicted molar refractivity (Wildman–Crippen MR) is 128 cm³/mol. The molecule has 2 aromatic carbocycles. The fourth-order valence-electron chi connectivity index (χ4n) is 5.15. The zero-order chi connectivity index (χ0) is 21.8. The molecule has 0 amide bonds. The van der Waals surface area contributed by atoms with Gasteiger partial charge in [0, 0.05) is 53.4 Å². The second kappa shape index (κ2) is 7.50. The normalized spacial score (nSPS) is 20.2. The highest BCUT2D eigenvalue weighted by atomic mass is 35.5. The van der Waals surface area contributed by atoms with Crippen LogP contribution < -0.4 is 15.0 Å². The minimum atomic E-state index is 0.186. The van der Waals surface area contributed by atoms with Crippen LogP contribution in [0.15, 0.2) is 48.7 Å². The molecule has 2 aliphatic rings. The van der Waals surface area contributed by atoms with Gasteiger partial charge in [0.25, 0.3) is 0 Å². The highest BCUT2D eigenvalue weighted by Gasteiger charge is 2.33. The van der Waals surface area contributed by atoms with Gasteiger partial charge in [-0.15, -0.1) is 0 Å². The number of hydrogen-bond acceptors (Lipinski definition) is 6. The summed E-state index contributed by atoms with van der Waals surface area (Å²) in [6, 6.07) is 14.2. The number of rotatable bonds is 3. The van der Waals surface area contributed by atoms with Gasteiger partial charge in [-0.3, -0.25) is 4.98 Å². The van der Waals surface area contributed by atoms with Gasteiger partial charge in [-0.05, 0) is 48.1 Å². The molecule has 2 N–H and O–H groups in total. The van der Waals surface area contributed by atoms with E-state index in [0.29, 0.717) is 23.0 Å². The number of hydrogen-bond donors (Lipinski definition) is 2. The van der Waals surface area contributed by atoms with Gasteiger partial charge < -0.3 is 20.1 Å². The SMILES string of the molecule is COc1cc(N2CC3CCC(C2)N3)c2ncc(-c3cc(O)cc4cccc(Cl)c34)cc2n1. The van der Waals surface area contributed by atoms with Crippen molar-refractivity contribution in [2.75, 3.05) is 25.1 Å². The van der Waals surface area contributed by atoms with Crippen LogP contribution >= 0.6 is 11.6 Å². The number of methoxy groups -OCH3 is 1. The van der Waals surface area contributed by atoms with Crippen LogP contribution in [0, 0.1) is 0 Å². The minimum Gasteiger partial charge on any atom is -0.508 e. The van der Waals surface area contributed by atoms with E-state index in [4.69, 9.17) is 26.3 Å². The zero-order valence-corrected chi connectivity index (χ0v) is 18.4. The van der Waals surface area contributed by atoms with Crippen LogP contribution in [0.2, 0.25) is 5.02 Å². The Morgan fingerprint density at radius 3 is 2.72 bits per heavy atom. The molecule has 2 aromatic heterocycles. The number of anilines is 1. The van der Waals surface area contributed by atoms with Crippen molar-refractivity contribution in [1.29, 1.82) is 0 Å². The third-order valence-electron chi connectivity index (χ3n) is 6.59. The molecule has 162 valence electrons. The van der Waals surface area contributed by atoms with Crippen molar-refractivity contribution in [3.63, 3.8) is 0 Å². The Morgan fingerprint density at radius 1 is 1.12 bits per heavy atom. The first-order chi connectivity index (χ1) is 15.6. The molecule has 2 fully saturated rings. The van der Waals surface area contributed by atoms with Gasteiger partial charge in [-0.1, -0.05) is 23.7 Å². The number of benzene rings is 2. The molecule has 32 heavy (non-hydrogen) atoms. The molecule has 2 bridgehead atoms. The molecule has 2 aliphatic heterocycles. The van der Waals surface area contributed by atoms with Crippen molar-refractivity contribution in [2.24, 2.45) is 0 Å². The molecular formula is C25H23ClN4O2. The third-order valence-corrected chi connectivity index (χ3v) is 6.90. The molecular weight excluding hydrogens is 424 g/mol. The number of fused-ring (bicyclic) bond motifs is 4. The number of ether oxygens (including phenoxy) is 1. The van der Waals surface area contributed by atoms with Gasteiger partial charge >= 0.3 is 0 Å². The second-order valence-electron chi connectivity index (χ2n) is 8.65. The average Bonchev–Trinajstić information content (AvgIpc) is 3.14. The van der Waals surface area contributed by atoms with Crippen LogP contribution in [0.4, 0.5) is 5.69 Å². The Labute approximate surface area is 190 Å². The highest BCUT2D eigenvalue weighted by Crippen LogP contribution is 2.39. The average molecular weight is 447 g/mol. The van der Waals surface area contributed by atoms with Crippen LogP contribution in [0.1, 0.15) is 12.8 Å². The van der Waals surface area contributed by atoms with Crippen LogP contribution in [-0.4, -0.2) is 47.4 Å². The summed E-state index contributed by atoms with van der Waals surface area (Å²) in [5.41, 5.74) is 4.33. The number of aromatic nitrogens is 2. The Hall–Kier alpha value is -3.09. The van der Waals surface area contributed by atoms with E-state index in [0.717, 1.165) is 51.7 Å². The van der Waals surface area contributed by atoms with E-state index in [1.54, 1.807) is 19.2 Å². The topological polar surface area (TPSA) is 70.5 Å². The van der Waals surface area contributed by atoms with Crippen LogP contribution in [0.3, 0.4) is 0 Å². The van der Waals surface area contributed by atoms with Gasteiger partial charge in [0.1, 0.15) is 11.3 Å². The number of halogens is 1. The maximum absolute atomic E-state index is 10.3. The molecule has 2 atom stereocenters. The van der Waals surface area contributed by atoms with Crippen molar-refractivity contribution in [1.82, 2.24) is 15.3 Å². The molecule has 2 unspecified atom stereocenters. The summed E-state index contributed by atoms with van der Waals surface area (Å²) in [6.45, 7) is 1.91. The van der Waals surface area contributed by atoms with Crippen molar-refractivity contribution in [3.8, 4) is 22.8 Å². The number of aromatic hydroxyl groups is 1. The van der Waals surface area contributed by atoms with Crippen molar-refractivity contribution < 1.29 is 9.84 Å². The Morgan fingerprint density at radius 2 is 1.94 bits per heavy atom. The fraction of sp³-hybridized carbons (Fsp3) is 0.280. The lowest BCUT2D eigenvalue weighted by Gasteiger charge is -2.35. The van der Waals surface area contributed by atoms with Crippen LogP contribution in [0.25, 0.3) is 32.9 Å². The van der Waals surface area contributed by atoms with E-state index in [9.17, 15) is 5.11 Å². The zero-order valence-electron chi connectivity index (χ0n) is 17.7. The largest absolute Gasteiger partial charge is 0.508 e. The minimum absolute atomic E-state index is 0.186. The van der Waals surface area contributed by atoms with Crippen molar-refractivity contribution >= 4 is 39.1 Å². The summed E-state index contributed by atoms with van der Waals surface area (Å²) in [4.78, 5) is 11.9. The molecule has 4 heterocycles. The molecule has 7 heteroatoms. The van der Waals surface area contributed by atoms with E-state index in [1.807, 2.05) is 36.5 Å². The molecule has 6 rings (SSSR count).